The van der Waals surface area contributed by atoms with Gasteiger partial charge in [-0.2, -0.15) is 11.8 Å². The van der Waals surface area contributed by atoms with Gasteiger partial charge in [-0.1, -0.05) is 64.4 Å². The number of nitrogens with zero attached hydrogens (tertiary/aromatic N) is 2. The summed E-state index contributed by atoms with van der Waals surface area (Å²) in [7, 11) is 0. The number of aromatic nitrogens is 2. The molecule has 46 nitrogen and oxygen atoms in total. The van der Waals surface area contributed by atoms with E-state index >= 15 is 0 Å². The van der Waals surface area contributed by atoms with Crippen molar-refractivity contribution in [3.8, 4) is 0 Å². The lowest BCUT2D eigenvalue weighted by Crippen LogP contribution is -2.34. The molecule has 1 fully saturated rings. The van der Waals surface area contributed by atoms with Gasteiger partial charge in [-0.15, -0.1) is 0 Å². The summed E-state index contributed by atoms with van der Waals surface area (Å²) in [6.07, 6.45) is 10.9. The van der Waals surface area contributed by atoms with Gasteiger partial charge in [0.1, 0.15) is 66.5 Å². The molecule has 44 N–H and O–H groups in total. The van der Waals surface area contributed by atoms with Gasteiger partial charge in [0.05, 0.1) is 19.3 Å². The second kappa shape index (κ2) is 74.9. The summed E-state index contributed by atoms with van der Waals surface area (Å²) in [4.78, 5) is 150. The lowest BCUT2D eigenvalue weighted by atomic mass is 10.1. The number of hydrogen-bond donors (Lipinski definition) is 30. The molecule has 0 radical (unpaired) electrons. The predicted molar refractivity (Wildman–Crippen MR) is 399 cm³/mol. The third kappa shape index (κ3) is 92.3. The number of thioether (sulfide) groups is 1. The Morgan fingerprint density at radius 2 is 0.927 bits per heavy atom. The van der Waals surface area contributed by atoms with E-state index in [1.165, 1.54) is 13.3 Å². The Kier molecular flexibility index (Phi) is 80.8. The molecule has 1 aromatic carbocycles. The molecular weight excluding hydrogens is 1480 g/mol. The van der Waals surface area contributed by atoms with Crippen LogP contribution in [0.15, 0.2) is 47.8 Å². The normalized spacial score (nSPS) is 13.8. The molecule has 1 aromatic heterocycles. The second-order valence-corrected chi connectivity index (χ2v) is 24.0. The molecule has 0 spiro atoms. The number of benzene rings is 1. The molecule has 0 bridgehead atoms. The Bertz CT molecular complexity index is 2830. The Hall–Kier alpha value is -9.89. The van der Waals surface area contributed by atoms with Crippen LogP contribution >= 0.6 is 11.8 Å². The number of aromatic amines is 1. The van der Waals surface area contributed by atoms with E-state index in [0.29, 0.717) is 57.5 Å². The van der Waals surface area contributed by atoms with Crippen molar-refractivity contribution in [1.29, 1.82) is 0 Å². The van der Waals surface area contributed by atoms with Crippen molar-refractivity contribution in [3.63, 3.8) is 0 Å². The number of carbonyl (C=O) groups is 14. The van der Waals surface area contributed by atoms with Gasteiger partial charge < -0.3 is 162 Å². The lowest BCUT2D eigenvalue weighted by molar-refractivity contribution is -0.144. The largest absolute Gasteiger partial charge is 0.481 e. The van der Waals surface area contributed by atoms with Crippen LogP contribution in [0.2, 0.25) is 0 Å². The first-order chi connectivity index (χ1) is 50.2. The maximum absolute atomic E-state index is 10.4. The fraction of sp³-hybridized carbons (Fsp3) is 0.613. The predicted octanol–water partition coefficient (Wildman–Crippen LogP) is -4.96. The minimum atomic E-state index is -1.29. The molecule has 2 heterocycles. The first kappa shape index (κ1) is 117. The number of unbranched alkanes of at least 4 members (excludes halogenated alkanes) is 1. The van der Waals surface area contributed by atoms with Crippen LogP contribution in [0.3, 0.4) is 0 Å². The zero-order valence-electron chi connectivity index (χ0n) is 61.8. The fourth-order valence-electron chi connectivity index (χ4n) is 5.79. The number of aliphatic carboxylic acids is 14. The van der Waals surface area contributed by atoms with Gasteiger partial charge in [0, 0.05) is 31.3 Å². The maximum Gasteiger partial charge on any atom is 0.321 e. The topological polar surface area (TPSA) is 940 Å². The Morgan fingerprint density at radius 1 is 0.514 bits per heavy atom. The molecule has 3 rings (SSSR count). The van der Waals surface area contributed by atoms with Crippen LogP contribution in [-0.2, 0) is 80.0 Å². The lowest BCUT2D eigenvalue weighted by Gasteiger charge is -2.07. The van der Waals surface area contributed by atoms with Crippen LogP contribution in [0.5, 0.6) is 0 Å². The highest BCUT2D eigenvalue weighted by molar-refractivity contribution is 7.98. The minimum Gasteiger partial charge on any atom is -0.481 e. The average molecular weight is 1600 g/mol. The highest BCUT2D eigenvalue weighted by Gasteiger charge is 2.21. The van der Waals surface area contributed by atoms with Crippen molar-refractivity contribution in [2.75, 3.05) is 38.2 Å². The van der Waals surface area contributed by atoms with Gasteiger partial charge in [0.25, 0.3) is 0 Å². The molecule has 0 amide bonds. The molecule has 1 aliphatic heterocycles. The molecule has 2 aromatic rings. The van der Waals surface area contributed by atoms with E-state index in [1.807, 2.05) is 50.4 Å². The smallest absolute Gasteiger partial charge is 0.321 e. The summed E-state index contributed by atoms with van der Waals surface area (Å²) in [6, 6.07) is 0.722. The SMILES string of the molecule is CC(C)C[C@H](N)C(=O)O.CC(C)[C@H](N)C(=O)O.CSCC[C@H](N)C(=O)O.C[C@H](N)C(=O)O.NC(N)=NCCC[C@H](N)C(=O)O.NCC(=O)O.NCCCC[C@H](N)C(=O)O.N[C@@H](CC(=O)O)C(=O)O.N[C@@H](CCC(=O)O)C(=O)O.N[C@@H](Cc1ccccc1)C(=O)O.N[C@@H](Cc1cnc[nH]1)C(=O)O.O=C(O)[C@@H]1CCCN1. The first-order valence-corrected chi connectivity index (χ1v) is 34.0. The van der Waals surface area contributed by atoms with E-state index in [-0.39, 0.29) is 43.7 Å². The number of H-pyrrole nitrogens is 1. The maximum atomic E-state index is 10.4. The van der Waals surface area contributed by atoms with E-state index in [1.54, 1.807) is 31.8 Å². The van der Waals surface area contributed by atoms with E-state index < -0.39 is 150 Å². The molecule has 0 saturated carbocycles. The molecule has 0 unspecified atom stereocenters. The molecule has 109 heavy (non-hydrogen) atoms. The summed E-state index contributed by atoms with van der Waals surface area (Å²) < 4.78 is 0. The number of rotatable bonds is 35. The zero-order chi connectivity index (χ0) is 87.2. The van der Waals surface area contributed by atoms with Gasteiger partial charge in [0.2, 0.25) is 0 Å². The second-order valence-electron chi connectivity index (χ2n) is 23.0. The Balaban J connectivity index is -0.000000144. The van der Waals surface area contributed by atoms with Crippen molar-refractivity contribution < 1.29 is 139 Å². The number of nitrogens with two attached hydrogens (primary N) is 14. The van der Waals surface area contributed by atoms with Gasteiger partial charge in [-0.05, 0) is 114 Å². The quantitative estimate of drug-likeness (QED) is 0.0175. The number of carboxylic acids is 14. The Labute approximate surface area is 633 Å². The molecule has 0 aliphatic carbocycles. The summed E-state index contributed by atoms with van der Waals surface area (Å²) in [5.41, 5.74) is 72.9. The van der Waals surface area contributed by atoms with Crippen LogP contribution in [0, 0.1) is 11.8 Å². The molecule has 47 heteroatoms. The van der Waals surface area contributed by atoms with Crippen molar-refractivity contribution in [2.24, 2.45) is 97.1 Å². The molecule has 1 aliphatic rings. The van der Waals surface area contributed by atoms with E-state index in [0.717, 1.165) is 49.2 Å². The van der Waals surface area contributed by atoms with Crippen LogP contribution in [0.25, 0.3) is 0 Å². The van der Waals surface area contributed by atoms with Crippen molar-refractivity contribution >= 4 is 101 Å². The monoisotopic (exact) mass is 1600 g/mol. The highest BCUT2D eigenvalue weighted by Crippen LogP contribution is 2.05. The molecular formula is C62H120N18O28S. The van der Waals surface area contributed by atoms with E-state index in [2.05, 4.69) is 26.0 Å². The first-order valence-electron chi connectivity index (χ1n) is 32.6. The average Bonchev–Trinajstić information content (AvgIpc) is 1.82. The van der Waals surface area contributed by atoms with Crippen molar-refractivity contribution in [2.45, 2.75) is 191 Å². The van der Waals surface area contributed by atoms with E-state index in [9.17, 15) is 67.1 Å². The summed E-state index contributed by atoms with van der Waals surface area (Å²) in [5.74, 6) is -12.8. The van der Waals surface area contributed by atoms with Crippen molar-refractivity contribution in [3.05, 3.63) is 54.1 Å². The van der Waals surface area contributed by atoms with Gasteiger partial charge in [-0.3, -0.25) is 72.1 Å². The van der Waals surface area contributed by atoms with Gasteiger partial charge in [-0.25, -0.2) is 4.98 Å². The van der Waals surface area contributed by atoms with E-state index in [4.69, 9.17) is 146 Å². The number of carboxylic acid groups (broad SMARTS) is 14. The molecule has 632 valence electrons. The third-order valence-corrected chi connectivity index (χ3v) is 12.8. The third-order valence-electron chi connectivity index (χ3n) is 12.1. The van der Waals surface area contributed by atoms with Crippen LogP contribution in [-0.4, -0.2) is 276 Å². The number of guanidine groups is 1. The zero-order valence-corrected chi connectivity index (χ0v) is 62.7. The van der Waals surface area contributed by atoms with Gasteiger partial charge in [0.15, 0.2) is 5.96 Å². The Morgan fingerprint density at radius 3 is 1.19 bits per heavy atom. The number of imidazole rings is 1. The number of aliphatic imine (C=N–C) groups is 1. The summed E-state index contributed by atoms with van der Waals surface area (Å²) >= 11 is 1.60. The highest BCUT2D eigenvalue weighted by atomic mass is 32.2. The van der Waals surface area contributed by atoms with Crippen LogP contribution in [0.1, 0.15) is 123 Å². The minimum absolute atomic E-state index is 0.0129. The number of hydrogen-bond acceptors (Lipinski definition) is 30. The van der Waals surface area contributed by atoms with Crippen LogP contribution < -0.4 is 85.6 Å². The van der Waals surface area contributed by atoms with Crippen LogP contribution in [0.4, 0.5) is 0 Å². The standard InChI is InChI=1S/C9H11NO2.C6H14N4O2.C6H9N3O2.C6H14N2O2.C6H13NO2.C5H9NO4.C5H11NO2S.C5H9NO2.C5H11NO2.C4H7NO4.C3H7NO2.C2H5NO2/c10-8(9(11)12)6-7-4-2-1-3-5-7;7-4(5(11)12)2-1-3-10-6(8)9;7-5(6(10)11)1-4-2-8-3-9-4;7-4-2-1-3-5(8)6(9)10;1-4(2)3-5(7)6(8)9;6-3(5(9)10)1-2-4(7)8;1-9-3-2-4(6)5(7)8;7-5(8)4-2-1-3-6-4;1-3(2)4(6)5(7)8;5-2(4(8)9)1-3(6)7;1-2(4)3(5)6;3-1-2(4)5/h1-5,8H,6,10H2,(H,11,12);4H,1-3,7H2,(H,11,12)(H4,8,9,10);2-3,5H,1,7H2,(H,8,9)(H,10,11);5H,1-4,7-8H2,(H,9,10);4-5H,3,7H2,1-2H3,(H,8,9);3H,1-2,6H2,(H,7,8)(H,9,10);4H,2-3,6H2,1H3,(H,7,8);4,6H,1-3H2,(H,7,8);3-4H,6H2,1-2H3,(H,7,8);2H,1,5H2,(H,6,7)(H,8,9);2H,4H2,1H3,(H,5,6);1,3H2,(H,4,5)/t8-;4-;3*5-;3-;3*4-;2*2-;/m00000000000./s1. The van der Waals surface area contributed by atoms with Crippen molar-refractivity contribution in [1.82, 2.24) is 15.3 Å². The summed E-state index contributed by atoms with van der Waals surface area (Å²) in [6.45, 7) is 10.5. The summed E-state index contributed by atoms with van der Waals surface area (Å²) in [5, 5.41) is 117. The van der Waals surface area contributed by atoms with Gasteiger partial charge >= 0.3 is 83.6 Å². The molecule has 1 saturated heterocycles. The fourth-order valence-corrected chi connectivity index (χ4v) is 6.28. The molecule has 11 atom stereocenters. The number of nitrogens with one attached hydrogen (secondary N) is 2.